The van der Waals surface area contributed by atoms with E-state index in [0.717, 1.165) is 0 Å². The molecule has 0 aliphatic heterocycles. The molecule has 17 heavy (non-hydrogen) atoms. The van der Waals surface area contributed by atoms with Crippen LogP contribution < -0.4 is 5.32 Å². The van der Waals surface area contributed by atoms with Crippen LogP contribution in [0.25, 0.3) is 0 Å². The van der Waals surface area contributed by atoms with Crippen LogP contribution in [-0.2, 0) is 4.74 Å². The summed E-state index contributed by atoms with van der Waals surface area (Å²) in [5.74, 6) is 0.0734. The molecule has 0 spiro atoms. The number of nitrogens with zero attached hydrogens (tertiary/aromatic N) is 3. The molecular formula is C10H10N4O2S. The highest BCUT2D eigenvalue weighted by molar-refractivity contribution is 7.17. The number of carbonyl (C=O) groups is 1. The third-order valence-corrected chi connectivity index (χ3v) is 2.66. The van der Waals surface area contributed by atoms with E-state index in [1.807, 2.05) is 0 Å². The first-order valence-electron chi connectivity index (χ1n) is 4.96. The maximum absolute atomic E-state index is 11.4. The topological polar surface area (TPSA) is 77.0 Å². The fourth-order valence-corrected chi connectivity index (χ4v) is 1.79. The molecular weight excluding hydrogens is 240 g/mol. The first-order chi connectivity index (χ1) is 8.29. The maximum atomic E-state index is 11.4. The number of hydrogen-bond donors (Lipinski definition) is 1. The van der Waals surface area contributed by atoms with Gasteiger partial charge in [0.05, 0.1) is 12.8 Å². The second-order valence-electron chi connectivity index (χ2n) is 2.95. The lowest BCUT2D eigenvalue weighted by Gasteiger charge is -1.98. The molecule has 0 atom stereocenters. The standard InChI is InChI=1S/C10H10N4O2S/c1-2-16-8(15)7-6-13-10(17-7)14-9-11-4-3-5-12-9/h3-6H,2H2,1H3,(H,11,12,13,14). The maximum Gasteiger partial charge on any atom is 0.350 e. The van der Waals surface area contributed by atoms with E-state index in [2.05, 4.69) is 20.3 Å². The molecule has 0 aliphatic carbocycles. The van der Waals surface area contributed by atoms with Gasteiger partial charge in [-0.25, -0.2) is 19.7 Å². The number of aromatic nitrogens is 3. The van der Waals surface area contributed by atoms with Gasteiger partial charge < -0.3 is 10.1 Å². The van der Waals surface area contributed by atoms with Crippen molar-refractivity contribution in [1.82, 2.24) is 15.0 Å². The Morgan fingerprint density at radius 2 is 2.18 bits per heavy atom. The first-order valence-corrected chi connectivity index (χ1v) is 5.78. The fraction of sp³-hybridized carbons (Fsp3) is 0.200. The van der Waals surface area contributed by atoms with Gasteiger partial charge in [-0.05, 0) is 13.0 Å². The minimum absolute atomic E-state index is 0.349. The summed E-state index contributed by atoms with van der Waals surface area (Å²) >= 11 is 1.20. The van der Waals surface area contributed by atoms with Crippen LogP contribution in [-0.4, -0.2) is 27.5 Å². The predicted molar refractivity (Wildman–Crippen MR) is 63.4 cm³/mol. The third kappa shape index (κ3) is 2.97. The van der Waals surface area contributed by atoms with Gasteiger partial charge >= 0.3 is 5.97 Å². The van der Waals surface area contributed by atoms with E-state index in [1.54, 1.807) is 25.4 Å². The lowest BCUT2D eigenvalue weighted by atomic mass is 10.6. The van der Waals surface area contributed by atoms with E-state index in [1.165, 1.54) is 17.5 Å². The van der Waals surface area contributed by atoms with Crippen molar-refractivity contribution in [3.63, 3.8) is 0 Å². The minimum atomic E-state index is -0.368. The monoisotopic (exact) mass is 250 g/mol. The Morgan fingerprint density at radius 3 is 2.88 bits per heavy atom. The molecule has 0 aliphatic rings. The van der Waals surface area contributed by atoms with Gasteiger partial charge in [-0.1, -0.05) is 11.3 Å². The molecule has 2 heterocycles. The van der Waals surface area contributed by atoms with Gasteiger partial charge in [0.25, 0.3) is 0 Å². The fourth-order valence-electron chi connectivity index (χ4n) is 1.09. The summed E-state index contributed by atoms with van der Waals surface area (Å²) in [7, 11) is 0. The molecule has 0 amide bonds. The number of nitrogens with one attached hydrogen (secondary N) is 1. The second-order valence-corrected chi connectivity index (χ2v) is 3.98. The largest absolute Gasteiger partial charge is 0.462 e. The zero-order valence-corrected chi connectivity index (χ0v) is 9.90. The average molecular weight is 250 g/mol. The van der Waals surface area contributed by atoms with Crippen LogP contribution >= 0.6 is 11.3 Å². The highest BCUT2D eigenvalue weighted by atomic mass is 32.1. The summed E-state index contributed by atoms with van der Waals surface area (Å²) in [6.07, 6.45) is 4.71. The van der Waals surface area contributed by atoms with E-state index < -0.39 is 0 Å². The van der Waals surface area contributed by atoms with Gasteiger partial charge in [-0.3, -0.25) is 0 Å². The van der Waals surface area contributed by atoms with Crippen LogP contribution in [0.2, 0.25) is 0 Å². The molecule has 2 aromatic heterocycles. The molecule has 1 N–H and O–H groups in total. The molecule has 2 rings (SSSR count). The lowest BCUT2D eigenvalue weighted by molar-refractivity contribution is 0.0532. The van der Waals surface area contributed by atoms with E-state index in [9.17, 15) is 4.79 Å². The summed E-state index contributed by atoms with van der Waals surface area (Å²) in [4.78, 5) is 23.9. The van der Waals surface area contributed by atoms with E-state index in [0.29, 0.717) is 22.6 Å². The van der Waals surface area contributed by atoms with Crippen LogP contribution in [0.3, 0.4) is 0 Å². The number of rotatable bonds is 4. The van der Waals surface area contributed by atoms with Crippen molar-refractivity contribution in [2.45, 2.75) is 6.92 Å². The van der Waals surface area contributed by atoms with Crippen molar-refractivity contribution in [3.8, 4) is 0 Å². The Bertz CT molecular complexity index is 500. The third-order valence-electron chi connectivity index (χ3n) is 1.77. The SMILES string of the molecule is CCOC(=O)c1cnc(Nc2ncccn2)s1. The van der Waals surface area contributed by atoms with E-state index in [-0.39, 0.29) is 5.97 Å². The Hall–Kier alpha value is -2.02. The normalized spacial score (nSPS) is 9.94. The number of esters is 1. The zero-order chi connectivity index (χ0) is 12.1. The van der Waals surface area contributed by atoms with Crippen LogP contribution in [0.4, 0.5) is 11.1 Å². The number of hydrogen-bond acceptors (Lipinski definition) is 7. The summed E-state index contributed by atoms with van der Waals surface area (Å²) in [6, 6.07) is 1.72. The van der Waals surface area contributed by atoms with Crippen molar-refractivity contribution in [2.75, 3.05) is 11.9 Å². The molecule has 88 valence electrons. The van der Waals surface area contributed by atoms with Crippen LogP contribution in [0.5, 0.6) is 0 Å². The molecule has 0 saturated carbocycles. The number of thiazole rings is 1. The predicted octanol–water partition coefficient (Wildman–Crippen LogP) is 1.85. The highest BCUT2D eigenvalue weighted by Gasteiger charge is 2.11. The van der Waals surface area contributed by atoms with Crippen molar-refractivity contribution in [3.05, 3.63) is 29.5 Å². The van der Waals surface area contributed by atoms with E-state index in [4.69, 9.17) is 4.74 Å². The molecule has 0 radical (unpaired) electrons. The Labute approximate surface area is 102 Å². The zero-order valence-electron chi connectivity index (χ0n) is 9.08. The van der Waals surface area contributed by atoms with Crippen molar-refractivity contribution in [1.29, 1.82) is 0 Å². The van der Waals surface area contributed by atoms with Crippen molar-refractivity contribution in [2.24, 2.45) is 0 Å². The van der Waals surface area contributed by atoms with Gasteiger partial charge in [0, 0.05) is 12.4 Å². The molecule has 6 nitrogen and oxygen atoms in total. The van der Waals surface area contributed by atoms with Gasteiger partial charge in [0.1, 0.15) is 4.88 Å². The quantitative estimate of drug-likeness (QED) is 0.834. The summed E-state index contributed by atoms with van der Waals surface area (Å²) < 4.78 is 4.86. The molecule has 0 unspecified atom stereocenters. The molecule has 7 heteroatoms. The van der Waals surface area contributed by atoms with Gasteiger partial charge in [0.2, 0.25) is 5.95 Å². The van der Waals surface area contributed by atoms with Gasteiger partial charge in [-0.2, -0.15) is 0 Å². The number of anilines is 2. The first kappa shape index (κ1) is 11.5. The van der Waals surface area contributed by atoms with Crippen LogP contribution in [0, 0.1) is 0 Å². The van der Waals surface area contributed by atoms with E-state index >= 15 is 0 Å². The molecule has 0 saturated heterocycles. The molecule has 0 aromatic carbocycles. The Balaban J connectivity index is 2.06. The summed E-state index contributed by atoms with van der Waals surface area (Å²) in [5, 5.41) is 3.45. The van der Waals surface area contributed by atoms with Crippen molar-refractivity contribution >= 4 is 28.4 Å². The van der Waals surface area contributed by atoms with Gasteiger partial charge in [0.15, 0.2) is 5.13 Å². The number of carbonyl (C=O) groups excluding carboxylic acids is 1. The average Bonchev–Trinajstić information content (AvgIpc) is 2.79. The Morgan fingerprint density at radius 1 is 1.41 bits per heavy atom. The highest BCUT2D eigenvalue weighted by Crippen LogP contribution is 2.21. The smallest absolute Gasteiger partial charge is 0.350 e. The van der Waals surface area contributed by atoms with Gasteiger partial charge in [-0.15, -0.1) is 0 Å². The molecule has 0 fully saturated rings. The van der Waals surface area contributed by atoms with Crippen LogP contribution in [0.15, 0.2) is 24.7 Å². The minimum Gasteiger partial charge on any atom is -0.462 e. The molecule has 0 bridgehead atoms. The number of ether oxygens (including phenoxy) is 1. The Kier molecular flexibility index (Phi) is 3.61. The van der Waals surface area contributed by atoms with Crippen molar-refractivity contribution < 1.29 is 9.53 Å². The van der Waals surface area contributed by atoms with Crippen LogP contribution in [0.1, 0.15) is 16.6 Å². The second kappa shape index (κ2) is 5.35. The molecule has 2 aromatic rings. The summed E-state index contributed by atoms with van der Waals surface area (Å²) in [5.41, 5.74) is 0. The summed E-state index contributed by atoms with van der Waals surface area (Å²) in [6.45, 7) is 2.11. The lowest BCUT2D eigenvalue weighted by Crippen LogP contribution is -2.01.